The lowest BCUT2D eigenvalue weighted by atomic mass is 9.91. The Labute approximate surface area is 105 Å². The summed E-state index contributed by atoms with van der Waals surface area (Å²) in [6, 6.07) is 4.48. The van der Waals surface area contributed by atoms with Gasteiger partial charge in [-0.1, -0.05) is 17.7 Å². The summed E-state index contributed by atoms with van der Waals surface area (Å²) in [5, 5.41) is 10.4. The molecule has 4 heteroatoms. The maximum absolute atomic E-state index is 13.6. The normalized spacial score (nSPS) is 19.2. The largest absolute Gasteiger partial charge is 0.388 e. The minimum atomic E-state index is -0.827. The topological polar surface area (TPSA) is 29.5 Å². The van der Waals surface area contributed by atoms with Gasteiger partial charge in [-0.2, -0.15) is 0 Å². The van der Waals surface area contributed by atoms with Gasteiger partial charge in [0.2, 0.25) is 0 Å². The second-order valence-electron chi connectivity index (χ2n) is 4.44. The third kappa shape index (κ3) is 3.18. The first kappa shape index (κ1) is 12.8. The Bertz CT molecular complexity index is 357. The van der Waals surface area contributed by atoms with E-state index in [4.69, 9.17) is 16.3 Å². The van der Waals surface area contributed by atoms with Gasteiger partial charge in [-0.25, -0.2) is 4.39 Å². The Hall–Kier alpha value is -0.640. The summed E-state index contributed by atoms with van der Waals surface area (Å²) >= 11 is 5.92. The van der Waals surface area contributed by atoms with Crippen molar-refractivity contribution in [3.63, 3.8) is 0 Å². The Morgan fingerprint density at radius 1 is 1.41 bits per heavy atom. The molecule has 1 heterocycles. The van der Waals surface area contributed by atoms with Crippen LogP contribution in [0.5, 0.6) is 0 Å². The van der Waals surface area contributed by atoms with Crippen molar-refractivity contribution in [2.45, 2.75) is 25.4 Å². The third-order valence-electron chi connectivity index (χ3n) is 3.23. The van der Waals surface area contributed by atoms with Crippen LogP contribution < -0.4 is 0 Å². The molecule has 2 nitrogen and oxygen atoms in total. The van der Waals surface area contributed by atoms with Gasteiger partial charge in [0.15, 0.2) is 0 Å². The van der Waals surface area contributed by atoms with Gasteiger partial charge >= 0.3 is 0 Å². The van der Waals surface area contributed by atoms with E-state index < -0.39 is 11.9 Å². The zero-order valence-corrected chi connectivity index (χ0v) is 10.3. The highest BCUT2D eigenvalue weighted by Gasteiger charge is 2.22. The van der Waals surface area contributed by atoms with Gasteiger partial charge in [0.05, 0.1) is 6.10 Å². The van der Waals surface area contributed by atoms with Crippen molar-refractivity contribution in [2.24, 2.45) is 5.92 Å². The van der Waals surface area contributed by atoms with Gasteiger partial charge in [-0.15, -0.1) is 0 Å². The number of rotatable bonds is 3. The van der Waals surface area contributed by atoms with Crippen LogP contribution in [0.15, 0.2) is 18.2 Å². The molecule has 0 bridgehead atoms. The van der Waals surface area contributed by atoms with Gasteiger partial charge in [-0.05, 0) is 37.3 Å². The zero-order valence-electron chi connectivity index (χ0n) is 9.53. The number of aliphatic hydroxyl groups excluding tert-OH is 1. The number of ether oxygens (including phenoxy) is 1. The van der Waals surface area contributed by atoms with E-state index in [1.165, 1.54) is 6.07 Å². The Kier molecular flexibility index (Phi) is 4.37. The van der Waals surface area contributed by atoms with E-state index in [1.54, 1.807) is 12.1 Å². The monoisotopic (exact) mass is 258 g/mol. The molecule has 0 aliphatic carbocycles. The SMILES string of the molecule is OC(CC1CCOCC1)c1c(F)cccc1Cl. The second-order valence-corrected chi connectivity index (χ2v) is 4.85. The number of halogens is 2. The first-order valence-corrected chi connectivity index (χ1v) is 6.26. The van der Waals surface area contributed by atoms with Crippen molar-refractivity contribution >= 4 is 11.6 Å². The predicted molar refractivity (Wildman–Crippen MR) is 64.5 cm³/mol. The van der Waals surface area contributed by atoms with E-state index in [9.17, 15) is 9.50 Å². The van der Waals surface area contributed by atoms with Crippen LogP contribution in [0, 0.1) is 11.7 Å². The summed E-state index contributed by atoms with van der Waals surface area (Å²) in [4.78, 5) is 0. The van der Waals surface area contributed by atoms with Crippen LogP contribution in [0.25, 0.3) is 0 Å². The number of hydrogen-bond acceptors (Lipinski definition) is 2. The standard InChI is InChI=1S/C13H16ClFO2/c14-10-2-1-3-11(15)13(10)12(16)8-9-4-6-17-7-5-9/h1-3,9,12,16H,4-8H2. The Morgan fingerprint density at radius 2 is 2.12 bits per heavy atom. The highest BCUT2D eigenvalue weighted by atomic mass is 35.5. The zero-order chi connectivity index (χ0) is 12.3. The molecule has 1 N–H and O–H groups in total. The molecule has 0 aromatic heterocycles. The molecule has 1 aromatic carbocycles. The molecule has 1 aliphatic heterocycles. The summed E-state index contributed by atoms with van der Waals surface area (Å²) in [5.74, 6) is -0.0496. The molecule has 2 rings (SSSR count). The fourth-order valence-electron chi connectivity index (χ4n) is 2.24. The molecule has 1 unspecified atom stereocenters. The van der Waals surface area contributed by atoms with Crippen LogP contribution in [0.2, 0.25) is 5.02 Å². The molecule has 0 amide bonds. The highest BCUT2D eigenvalue weighted by Crippen LogP contribution is 2.32. The van der Waals surface area contributed by atoms with Crippen molar-refractivity contribution in [3.05, 3.63) is 34.6 Å². The van der Waals surface area contributed by atoms with E-state index in [2.05, 4.69) is 0 Å². The lowest BCUT2D eigenvalue weighted by Crippen LogP contribution is -2.18. The summed E-state index contributed by atoms with van der Waals surface area (Å²) in [7, 11) is 0. The van der Waals surface area contributed by atoms with E-state index >= 15 is 0 Å². The molecule has 1 atom stereocenters. The lowest BCUT2D eigenvalue weighted by molar-refractivity contribution is 0.0429. The smallest absolute Gasteiger partial charge is 0.130 e. The molecule has 1 aromatic rings. The fourth-order valence-corrected chi connectivity index (χ4v) is 2.53. The fraction of sp³-hybridized carbons (Fsp3) is 0.538. The van der Waals surface area contributed by atoms with Crippen LogP contribution in [0.3, 0.4) is 0 Å². The van der Waals surface area contributed by atoms with Crippen molar-refractivity contribution in [3.8, 4) is 0 Å². The van der Waals surface area contributed by atoms with Gasteiger partial charge < -0.3 is 9.84 Å². The molecule has 1 fully saturated rings. The Balaban J connectivity index is 2.05. The number of aliphatic hydroxyl groups is 1. The summed E-state index contributed by atoms with van der Waals surface area (Å²) < 4.78 is 18.8. The average Bonchev–Trinajstić information content (AvgIpc) is 2.30. The first-order valence-electron chi connectivity index (χ1n) is 5.88. The summed E-state index contributed by atoms with van der Waals surface area (Å²) in [6.07, 6.45) is 1.56. The van der Waals surface area contributed by atoms with Gasteiger partial charge in [0.25, 0.3) is 0 Å². The minimum Gasteiger partial charge on any atom is -0.388 e. The van der Waals surface area contributed by atoms with Gasteiger partial charge in [-0.3, -0.25) is 0 Å². The van der Waals surface area contributed by atoms with Crippen molar-refractivity contribution in [2.75, 3.05) is 13.2 Å². The second kappa shape index (κ2) is 5.80. The molecule has 94 valence electrons. The van der Waals surface area contributed by atoms with Gasteiger partial charge in [0.1, 0.15) is 5.82 Å². The van der Waals surface area contributed by atoms with Crippen molar-refractivity contribution in [1.29, 1.82) is 0 Å². The number of benzene rings is 1. The predicted octanol–water partition coefficient (Wildman–Crippen LogP) is 3.33. The van der Waals surface area contributed by atoms with Gasteiger partial charge in [0, 0.05) is 23.8 Å². The highest BCUT2D eigenvalue weighted by molar-refractivity contribution is 6.31. The molecule has 0 saturated carbocycles. The van der Waals surface area contributed by atoms with E-state index in [-0.39, 0.29) is 5.56 Å². The third-order valence-corrected chi connectivity index (χ3v) is 3.56. The van der Waals surface area contributed by atoms with Crippen LogP contribution in [0.1, 0.15) is 30.9 Å². The molecule has 1 aliphatic rings. The van der Waals surface area contributed by atoms with Crippen molar-refractivity contribution in [1.82, 2.24) is 0 Å². The molecule has 1 saturated heterocycles. The van der Waals surface area contributed by atoms with Crippen molar-refractivity contribution < 1.29 is 14.2 Å². The van der Waals surface area contributed by atoms with E-state index in [0.717, 1.165) is 26.1 Å². The quantitative estimate of drug-likeness (QED) is 0.901. The molecule has 17 heavy (non-hydrogen) atoms. The van der Waals surface area contributed by atoms with Crippen LogP contribution in [-0.2, 0) is 4.74 Å². The molecule has 0 spiro atoms. The van der Waals surface area contributed by atoms with E-state index in [0.29, 0.717) is 17.4 Å². The maximum atomic E-state index is 13.6. The maximum Gasteiger partial charge on any atom is 0.130 e. The van der Waals surface area contributed by atoms with Crippen LogP contribution in [-0.4, -0.2) is 18.3 Å². The summed E-state index contributed by atoms with van der Waals surface area (Å²) in [5.41, 5.74) is 0.223. The van der Waals surface area contributed by atoms with Crippen LogP contribution >= 0.6 is 11.6 Å². The number of hydrogen-bond donors (Lipinski definition) is 1. The van der Waals surface area contributed by atoms with E-state index in [1.807, 2.05) is 0 Å². The molecule has 0 radical (unpaired) electrons. The average molecular weight is 259 g/mol. The minimum absolute atomic E-state index is 0.223. The first-order chi connectivity index (χ1) is 8.18. The lowest BCUT2D eigenvalue weighted by Gasteiger charge is -2.24. The molecular formula is C13H16ClFO2. The molecular weight excluding hydrogens is 243 g/mol. The Morgan fingerprint density at radius 3 is 2.76 bits per heavy atom. The van der Waals surface area contributed by atoms with Crippen LogP contribution in [0.4, 0.5) is 4.39 Å². The summed E-state index contributed by atoms with van der Waals surface area (Å²) in [6.45, 7) is 1.45.